The van der Waals surface area contributed by atoms with Gasteiger partial charge in [-0.05, 0) is 59.4 Å². The maximum atomic E-state index is 12.3. The highest BCUT2D eigenvalue weighted by Gasteiger charge is 2.47. The molecular weight excluding hydrogens is 630 g/mol. The van der Waals surface area contributed by atoms with Gasteiger partial charge in [0.25, 0.3) is 0 Å². The van der Waals surface area contributed by atoms with Crippen LogP contribution in [0.15, 0.2) is 36.4 Å². The summed E-state index contributed by atoms with van der Waals surface area (Å²) in [6.07, 6.45) is -10.3. The van der Waals surface area contributed by atoms with Crippen molar-refractivity contribution in [3.05, 3.63) is 58.7 Å². The largest absolute Gasteiger partial charge is 0.394 e. The van der Waals surface area contributed by atoms with Crippen molar-refractivity contribution < 1.29 is 54.5 Å². The van der Waals surface area contributed by atoms with E-state index in [4.69, 9.17) is 9.47 Å². The van der Waals surface area contributed by atoms with Gasteiger partial charge in [-0.1, -0.05) is 35.8 Å². The fraction of sp³-hybridized carbons (Fsp3) is 0.529. The smallest absolute Gasteiger partial charge is 0.147 e. The van der Waals surface area contributed by atoms with Gasteiger partial charge in [0.15, 0.2) is 0 Å². The molecule has 11 atom stereocenters. The first-order valence-electron chi connectivity index (χ1n) is 15.5. The second-order valence-electron chi connectivity index (χ2n) is 12.5. The maximum Gasteiger partial charge on any atom is 0.147 e. The van der Waals surface area contributed by atoms with Gasteiger partial charge in [0.2, 0.25) is 0 Å². The normalized spacial score (nSPS) is 35.2. The molecule has 4 aliphatic rings. The van der Waals surface area contributed by atoms with Crippen molar-refractivity contribution in [1.29, 1.82) is 0 Å². The van der Waals surface area contributed by atoms with Gasteiger partial charge in [0, 0.05) is 35.9 Å². The molecule has 8 N–H and O–H groups in total. The lowest BCUT2D eigenvalue weighted by Gasteiger charge is -2.40. The van der Waals surface area contributed by atoms with E-state index in [0.717, 1.165) is 22.3 Å². The highest BCUT2D eigenvalue weighted by Crippen LogP contribution is 2.54. The summed E-state index contributed by atoms with van der Waals surface area (Å²) in [7, 11) is -1.13. The molecule has 3 heterocycles. The van der Waals surface area contributed by atoms with Crippen LogP contribution in [-0.4, -0.2) is 143 Å². The third-order valence-electron chi connectivity index (χ3n) is 9.80. The Kier molecular flexibility index (Phi) is 9.91. The quantitative estimate of drug-likeness (QED) is 0.164. The van der Waals surface area contributed by atoms with E-state index in [-0.39, 0.29) is 0 Å². The van der Waals surface area contributed by atoms with E-state index in [1.165, 1.54) is 0 Å². The van der Waals surface area contributed by atoms with Crippen LogP contribution < -0.4 is 0 Å². The third kappa shape index (κ3) is 6.17. The van der Waals surface area contributed by atoms with Crippen molar-refractivity contribution >= 4 is 11.0 Å². The summed E-state index contributed by atoms with van der Waals surface area (Å²) in [5, 5.41) is 80.5. The molecule has 47 heavy (non-hydrogen) atoms. The molecule has 0 aromatic heterocycles. The van der Waals surface area contributed by atoms with Crippen molar-refractivity contribution in [2.24, 2.45) is 0 Å². The van der Waals surface area contributed by atoms with E-state index in [2.05, 4.69) is 23.7 Å². The number of aliphatic hydroxyl groups excluding tert-OH is 8. The highest BCUT2D eigenvalue weighted by molar-refractivity contribution is 7.81. The molecular formula is C34H39NO11S. The lowest BCUT2D eigenvalue weighted by atomic mass is 9.71. The first kappa shape index (κ1) is 34.1. The average molecular weight is 670 g/mol. The van der Waals surface area contributed by atoms with Crippen molar-refractivity contribution in [2.45, 2.75) is 79.3 Å². The van der Waals surface area contributed by atoms with Gasteiger partial charge in [0.05, 0.1) is 24.2 Å². The third-order valence-corrected chi connectivity index (χ3v) is 10.9. The first-order chi connectivity index (χ1) is 22.5. The van der Waals surface area contributed by atoms with Gasteiger partial charge < -0.3 is 50.3 Å². The number of aliphatic hydroxyl groups is 8. The van der Waals surface area contributed by atoms with Crippen molar-refractivity contribution in [1.82, 2.24) is 4.31 Å². The zero-order valence-corrected chi connectivity index (χ0v) is 26.5. The summed E-state index contributed by atoms with van der Waals surface area (Å²) in [6.45, 7) is 0.0848. The summed E-state index contributed by atoms with van der Waals surface area (Å²) in [4.78, 5) is 0. The fourth-order valence-electron chi connectivity index (χ4n) is 7.06. The van der Waals surface area contributed by atoms with Crippen molar-refractivity contribution in [2.75, 3.05) is 32.6 Å². The Balaban J connectivity index is 1.34. The molecule has 0 amide bonds. The Bertz CT molecular complexity index is 1530. The van der Waals surface area contributed by atoms with E-state index in [9.17, 15) is 45.1 Å². The predicted octanol–water partition coefficient (Wildman–Crippen LogP) is -2.27. The summed E-state index contributed by atoms with van der Waals surface area (Å²) in [5.74, 6) is 11.8. The molecule has 12 nitrogen and oxygen atoms in total. The van der Waals surface area contributed by atoms with Gasteiger partial charge in [-0.25, -0.2) is 8.51 Å². The Morgan fingerprint density at radius 2 is 1.15 bits per heavy atom. The standard InChI is InChI=1S/C34H39NO11S/c1-47(44)35-12-10-34(11-13-35)22-14-18(4-8-24-28(38)32(42)30(40)26(16-36)45-24)2-6-20(22)21-7-3-19(15-23(21)34)5-9-25-29(39)33(43)31(41)27(17-37)46-25/h2-3,6-7,14-15,24-33,36-43H,10-13,16-17H2,1H3/t24?,25?,26?,27?,28?,29?,30-,31-,32?,33?,47?/m1/s1. The van der Waals surface area contributed by atoms with Crippen LogP contribution in [0.1, 0.15) is 35.1 Å². The summed E-state index contributed by atoms with van der Waals surface area (Å²) < 4.78 is 25.4. The summed E-state index contributed by atoms with van der Waals surface area (Å²) >= 11 is 0. The minimum Gasteiger partial charge on any atom is -0.394 e. The predicted molar refractivity (Wildman–Crippen MR) is 169 cm³/mol. The first-order valence-corrected chi connectivity index (χ1v) is 17.0. The Hall–Kier alpha value is -2.73. The zero-order valence-electron chi connectivity index (χ0n) is 25.6. The average Bonchev–Trinajstić information content (AvgIpc) is 3.33. The number of hydrogen-bond acceptors (Lipinski definition) is 11. The molecule has 2 aromatic carbocycles. The van der Waals surface area contributed by atoms with E-state index in [1.54, 1.807) is 6.26 Å². The molecule has 9 unspecified atom stereocenters. The fourth-order valence-corrected chi connectivity index (χ4v) is 7.76. The van der Waals surface area contributed by atoms with E-state index in [1.807, 2.05) is 40.7 Å². The number of fused-ring (bicyclic) bond motifs is 5. The van der Waals surface area contributed by atoms with Gasteiger partial charge in [-0.2, -0.15) is 0 Å². The van der Waals surface area contributed by atoms with Crippen LogP contribution in [0, 0.1) is 23.7 Å². The summed E-state index contributed by atoms with van der Waals surface area (Å²) in [6, 6.07) is 11.6. The summed E-state index contributed by atoms with van der Waals surface area (Å²) in [5.41, 5.74) is 4.91. The SMILES string of the molecule is CS(=O)N1CCC2(CC1)c1cc(C#CC3OC(CO)[C@@H](O)C(O)C3O)ccc1-c1ccc(C#CC3OC(CO)[C@@H](O)C(O)C3O)cc12. The van der Waals surface area contributed by atoms with Crippen LogP contribution >= 0.6 is 0 Å². The molecule has 2 aromatic rings. The van der Waals surface area contributed by atoms with Crippen LogP contribution in [0.25, 0.3) is 11.1 Å². The van der Waals surface area contributed by atoms with Gasteiger partial charge >= 0.3 is 0 Å². The molecule has 0 radical (unpaired) electrons. The number of ether oxygens (including phenoxy) is 2. The Morgan fingerprint density at radius 3 is 1.53 bits per heavy atom. The number of piperidine rings is 1. The molecule has 3 fully saturated rings. The molecule has 3 aliphatic heterocycles. The van der Waals surface area contributed by atoms with Crippen LogP contribution in [0.2, 0.25) is 0 Å². The van der Waals surface area contributed by atoms with Crippen LogP contribution in [0.3, 0.4) is 0 Å². The van der Waals surface area contributed by atoms with Gasteiger partial charge in [0.1, 0.15) is 61.0 Å². The number of nitrogens with zero attached hydrogens (tertiary/aromatic N) is 1. The minimum atomic E-state index is -1.52. The molecule has 1 spiro atoms. The van der Waals surface area contributed by atoms with E-state index in [0.29, 0.717) is 37.1 Å². The molecule has 3 saturated heterocycles. The molecule has 13 heteroatoms. The van der Waals surface area contributed by atoms with Crippen LogP contribution in [0.5, 0.6) is 0 Å². The number of hydrogen-bond donors (Lipinski definition) is 8. The number of benzene rings is 2. The number of rotatable bonds is 3. The van der Waals surface area contributed by atoms with Gasteiger partial charge in [-0.15, -0.1) is 0 Å². The van der Waals surface area contributed by atoms with Crippen LogP contribution in [-0.2, 0) is 25.9 Å². The molecule has 252 valence electrons. The van der Waals surface area contributed by atoms with E-state index < -0.39 is 90.7 Å². The molecule has 0 saturated carbocycles. The maximum absolute atomic E-state index is 12.3. The van der Waals surface area contributed by atoms with Crippen molar-refractivity contribution in [3.63, 3.8) is 0 Å². The molecule has 6 rings (SSSR count). The van der Waals surface area contributed by atoms with Crippen molar-refractivity contribution in [3.8, 4) is 34.8 Å². The lowest BCUT2D eigenvalue weighted by molar-refractivity contribution is -0.214. The van der Waals surface area contributed by atoms with Crippen LogP contribution in [0.4, 0.5) is 0 Å². The Labute approximate surface area is 274 Å². The van der Waals surface area contributed by atoms with E-state index >= 15 is 0 Å². The minimum absolute atomic E-state index is 0.456. The Morgan fingerprint density at radius 1 is 0.723 bits per heavy atom. The second-order valence-corrected chi connectivity index (χ2v) is 13.9. The van der Waals surface area contributed by atoms with Gasteiger partial charge in [-0.3, -0.25) is 0 Å². The lowest BCUT2D eigenvalue weighted by Crippen LogP contribution is -2.58. The zero-order chi connectivity index (χ0) is 33.6. The monoisotopic (exact) mass is 669 g/mol. The highest BCUT2D eigenvalue weighted by atomic mass is 32.2. The second kappa shape index (κ2) is 13.6. The molecule has 1 aliphatic carbocycles. The topological polar surface area (TPSA) is 201 Å². The molecule has 0 bridgehead atoms.